The van der Waals surface area contributed by atoms with E-state index in [1.165, 1.54) is 33.6 Å². The first-order valence-electron chi connectivity index (χ1n) is 12.5. The van der Waals surface area contributed by atoms with Gasteiger partial charge in [-0.15, -0.1) is 11.3 Å². The van der Waals surface area contributed by atoms with Gasteiger partial charge in [-0.2, -0.15) is 5.10 Å². The molecule has 0 spiro atoms. The number of thiazole rings is 1. The summed E-state index contributed by atoms with van der Waals surface area (Å²) >= 11 is 1.52. The molecule has 36 heavy (non-hydrogen) atoms. The molecule has 1 atom stereocenters. The predicted octanol–water partition coefficient (Wildman–Crippen LogP) is 5.16. The van der Waals surface area contributed by atoms with Gasteiger partial charge >= 0.3 is 0 Å². The molecule has 0 saturated carbocycles. The Kier molecular flexibility index (Phi) is 6.41. The molecule has 8 nitrogen and oxygen atoms in total. The van der Waals surface area contributed by atoms with E-state index in [4.69, 9.17) is 18.9 Å². The zero-order chi connectivity index (χ0) is 24.5. The lowest BCUT2D eigenvalue weighted by atomic mass is 9.82. The molecule has 3 aliphatic heterocycles. The highest BCUT2D eigenvalue weighted by atomic mass is 32.1. The van der Waals surface area contributed by atoms with Crippen LogP contribution in [0.3, 0.4) is 0 Å². The minimum atomic E-state index is 0.256. The van der Waals surface area contributed by atoms with Gasteiger partial charge in [-0.3, -0.25) is 10.3 Å². The molecule has 188 valence electrons. The van der Waals surface area contributed by atoms with Gasteiger partial charge in [0.2, 0.25) is 11.9 Å². The van der Waals surface area contributed by atoms with Crippen molar-refractivity contribution in [2.45, 2.75) is 45.2 Å². The molecule has 3 aliphatic rings. The second kappa shape index (κ2) is 9.99. The van der Waals surface area contributed by atoms with Crippen molar-refractivity contribution in [3.05, 3.63) is 57.6 Å². The molecule has 0 radical (unpaired) electrons. The van der Waals surface area contributed by atoms with Crippen molar-refractivity contribution in [1.82, 2.24) is 9.88 Å². The highest BCUT2D eigenvalue weighted by Crippen LogP contribution is 2.47. The van der Waals surface area contributed by atoms with E-state index < -0.39 is 0 Å². The molecule has 3 aromatic rings. The van der Waals surface area contributed by atoms with E-state index in [1.54, 1.807) is 13.3 Å². The van der Waals surface area contributed by atoms with Gasteiger partial charge in [0, 0.05) is 41.8 Å². The van der Waals surface area contributed by atoms with Crippen molar-refractivity contribution in [1.29, 1.82) is 0 Å². The van der Waals surface area contributed by atoms with E-state index in [1.807, 2.05) is 17.7 Å². The Labute approximate surface area is 214 Å². The first-order chi connectivity index (χ1) is 17.7. The lowest BCUT2D eigenvalue weighted by molar-refractivity contribution is 0.155. The molecule has 1 unspecified atom stereocenters. The highest BCUT2D eigenvalue weighted by Gasteiger charge is 2.36. The summed E-state index contributed by atoms with van der Waals surface area (Å²) in [5.41, 5.74) is 9.18. The Bertz CT molecular complexity index is 1280. The van der Waals surface area contributed by atoms with Crippen LogP contribution in [0.15, 0.2) is 34.9 Å². The molecule has 1 N–H and O–H groups in total. The van der Waals surface area contributed by atoms with Crippen LogP contribution >= 0.6 is 11.3 Å². The summed E-state index contributed by atoms with van der Waals surface area (Å²) in [6, 6.07) is 6.65. The van der Waals surface area contributed by atoms with E-state index in [2.05, 4.69) is 39.5 Å². The number of hydrazone groups is 1. The van der Waals surface area contributed by atoms with Crippen LogP contribution in [-0.2, 0) is 19.4 Å². The quantitative estimate of drug-likeness (QED) is 0.257. The predicted molar refractivity (Wildman–Crippen MR) is 140 cm³/mol. The van der Waals surface area contributed by atoms with Crippen molar-refractivity contribution in [2.75, 3.05) is 32.5 Å². The Morgan fingerprint density at radius 1 is 1.25 bits per heavy atom. The van der Waals surface area contributed by atoms with Gasteiger partial charge in [-0.25, -0.2) is 4.98 Å². The van der Waals surface area contributed by atoms with Crippen molar-refractivity contribution >= 4 is 22.7 Å². The average Bonchev–Trinajstić information content (AvgIpc) is 3.59. The number of methoxy groups -OCH3 is 1. The van der Waals surface area contributed by atoms with Crippen LogP contribution < -0.4 is 24.4 Å². The first-order valence-corrected chi connectivity index (χ1v) is 13.3. The molecule has 0 aliphatic carbocycles. The summed E-state index contributed by atoms with van der Waals surface area (Å²) in [4.78, 5) is 6.80. The maximum absolute atomic E-state index is 6.34. The number of hydrogen-bond acceptors (Lipinski definition) is 9. The Morgan fingerprint density at radius 3 is 2.94 bits per heavy atom. The number of nitrogens with one attached hydrogen (secondary N) is 1. The second-order valence-corrected chi connectivity index (χ2v) is 10.1. The second-order valence-electron chi connectivity index (χ2n) is 9.21. The zero-order valence-electron chi connectivity index (χ0n) is 20.6. The highest BCUT2D eigenvalue weighted by molar-refractivity contribution is 7.13. The smallest absolute Gasteiger partial charge is 0.231 e. The number of anilines is 1. The van der Waals surface area contributed by atoms with Crippen LogP contribution in [0.1, 0.15) is 53.6 Å². The monoisotopic (exact) mass is 506 g/mol. The molecule has 1 aromatic heterocycles. The minimum absolute atomic E-state index is 0.256. The lowest BCUT2D eigenvalue weighted by Gasteiger charge is -2.42. The molecule has 0 bridgehead atoms. The number of rotatable bonds is 8. The largest absolute Gasteiger partial charge is 0.493 e. The maximum atomic E-state index is 6.34. The number of unbranched alkanes of at least 4 members (excludes halogenated alkanes) is 1. The summed E-state index contributed by atoms with van der Waals surface area (Å²) in [6.07, 6.45) is 7.56. The zero-order valence-corrected chi connectivity index (χ0v) is 21.4. The molecule has 0 fully saturated rings. The van der Waals surface area contributed by atoms with Crippen LogP contribution in [-0.4, -0.2) is 43.2 Å². The average molecular weight is 507 g/mol. The van der Waals surface area contributed by atoms with Gasteiger partial charge in [-0.05, 0) is 54.2 Å². The molecular formula is C27H30N4O4S. The fourth-order valence-corrected chi connectivity index (χ4v) is 5.79. The SMILES string of the molecule is CCCCOc1c(OC)cc(/C=N/Nc2nccs2)c2c1CN1CCc3cc4c(cc3C1C2)OCO4. The molecule has 0 saturated heterocycles. The third-order valence-electron chi connectivity index (χ3n) is 7.12. The third-order valence-corrected chi connectivity index (χ3v) is 7.80. The molecular weight excluding hydrogens is 476 g/mol. The third kappa shape index (κ3) is 4.26. The molecule has 6 rings (SSSR count). The summed E-state index contributed by atoms with van der Waals surface area (Å²) in [5.74, 6) is 3.31. The van der Waals surface area contributed by atoms with E-state index in [9.17, 15) is 0 Å². The number of ether oxygens (including phenoxy) is 4. The number of fused-ring (bicyclic) bond motifs is 5. The Hall–Kier alpha value is -3.30. The first kappa shape index (κ1) is 23.1. The fraction of sp³-hybridized carbons (Fsp3) is 0.407. The van der Waals surface area contributed by atoms with Crippen LogP contribution in [0.2, 0.25) is 0 Å². The van der Waals surface area contributed by atoms with E-state index in [0.29, 0.717) is 13.4 Å². The van der Waals surface area contributed by atoms with Gasteiger partial charge in [0.25, 0.3) is 0 Å². The van der Waals surface area contributed by atoms with Crippen LogP contribution in [0.25, 0.3) is 0 Å². The number of aromatic nitrogens is 1. The topological polar surface area (TPSA) is 77.4 Å². The Balaban J connectivity index is 1.39. The number of benzene rings is 2. The lowest BCUT2D eigenvalue weighted by Crippen LogP contribution is -2.40. The maximum Gasteiger partial charge on any atom is 0.231 e. The summed E-state index contributed by atoms with van der Waals surface area (Å²) in [6.45, 7) is 4.92. The summed E-state index contributed by atoms with van der Waals surface area (Å²) in [5, 5.41) is 7.18. The number of hydrogen-bond donors (Lipinski definition) is 1. The number of nitrogens with zero attached hydrogens (tertiary/aromatic N) is 3. The van der Waals surface area contributed by atoms with E-state index in [-0.39, 0.29) is 6.04 Å². The Morgan fingerprint density at radius 2 is 2.14 bits per heavy atom. The summed E-state index contributed by atoms with van der Waals surface area (Å²) in [7, 11) is 1.70. The fourth-order valence-electron chi connectivity index (χ4n) is 5.31. The standard InChI is InChI=1S/C27H30N4O4S/c1-3-4-8-33-26-21-15-31-7-5-17-10-23-24(35-16-34-23)13-20(17)22(31)12-19(21)18(11-25(26)32-2)14-29-30-27-28-6-9-36-27/h6,9-11,13-14,22H,3-5,7-8,12,15-16H2,1-2H3,(H,28,30)/b29-14+. The van der Waals surface area contributed by atoms with E-state index in [0.717, 1.165) is 72.5 Å². The molecule has 2 aromatic carbocycles. The summed E-state index contributed by atoms with van der Waals surface area (Å²) < 4.78 is 23.5. The van der Waals surface area contributed by atoms with Crippen LogP contribution in [0, 0.1) is 0 Å². The molecule has 0 amide bonds. The van der Waals surface area contributed by atoms with Crippen molar-refractivity contribution in [3.8, 4) is 23.0 Å². The van der Waals surface area contributed by atoms with Crippen molar-refractivity contribution in [3.63, 3.8) is 0 Å². The molecule has 4 heterocycles. The minimum Gasteiger partial charge on any atom is -0.493 e. The van der Waals surface area contributed by atoms with E-state index >= 15 is 0 Å². The van der Waals surface area contributed by atoms with Gasteiger partial charge in [0.05, 0.1) is 19.9 Å². The van der Waals surface area contributed by atoms with Crippen molar-refractivity contribution in [2.24, 2.45) is 5.10 Å². The normalized spacial score (nSPS) is 18.0. The van der Waals surface area contributed by atoms with Gasteiger partial charge < -0.3 is 18.9 Å². The van der Waals surface area contributed by atoms with Crippen molar-refractivity contribution < 1.29 is 18.9 Å². The van der Waals surface area contributed by atoms with Crippen LogP contribution in [0.5, 0.6) is 23.0 Å². The van der Waals surface area contributed by atoms with Gasteiger partial charge in [0.1, 0.15) is 0 Å². The van der Waals surface area contributed by atoms with Gasteiger partial charge in [-0.1, -0.05) is 13.3 Å². The van der Waals surface area contributed by atoms with Gasteiger partial charge in [0.15, 0.2) is 23.0 Å². The molecule has 9 heteroatoms. The van der Waals surface area contributed by atoms with Crippen LogP contribution in [0.4, 0.5) is 5.13 Å².